The number of hydrogen-bond donors (Lipinski definition) is 0. The molecule has 3 aromatic rings. The van der Waals surface area contributed by atoms with Crippen molar-refractivity contribution in [2.24, 2.45) is 0 Å². The third-order valence-corrected chi connectivity index (χ3v) is 3.65. The highest BCUT2D eigenvalue weighted by molar-refractivity contribution is 7.13. The van der Waals surface area contributed by atoms with Gasteiger partial charge in [0, 0.05) is 0 Å². The molecule has 19 heavy (non-hydrogen) atoms. The maximum absolute atomic E-state index is 13.0. The molecule has 0 radical (unpaired) electrons. The number of halogens is 4. The van der Waals surface area contributed by atoms with Crippen LogP contribution in [0, 0.1) is 0 Å². The lowest BCUT2D eigenvalue weighted by Crippen LogP contribution is -2.13. The first kappa shape index (κ1) is 12.4. The fraction of sp³-hybridized carbons (Fsp3) is 0.0909. The SMILES string of the molecule is FC(F)(F)c1cc(-c2cccs2)nc2c(Cl)cnn12. The number of nitrogens with zero attached hydrogens (tertiary/aromatic N) is 3. The molecule has 0 aliphatic rings. The van der Waals surface area contributed by atoms with E-state index in [0.29, 0.717) is 9.39 Å². The Labute approximate surface area is 114 Å². The molecule has 0 spiro atoms. The quantitative estimate of drug-likeness (QED) is 0.676. The molecule has 0 fully saturated rings. The number of alkyl halides is 3. The predicted octanol–water partition coefficient (Wildman–Crippen LogP) is 4.13. The van der Waals surface area contributed by atoms with Crippen LogP contribution in [0.4, 0.5) is 13.2 Å². The molecule has 0 amide bonds. The minimum atomic E-state index is -4.53. The first-order valence-corrected chi connectivity index (χ1v) is 6.38. The molecule has 0 bridgehead atoms. The second-order valence-corrected chi connectivity index (χ2v) is 5.08. The van der Waals surface area contributed by atoms with E-state index >= 15 is 0 Å². The normalized spacial score (nSPS) is 12.2. The van der Waals surface area contributed by atoms with Gasteiger partial charge in [0.05, 0.1) is 16.8 Å². The van der Waals surface area contributed by atoms with Crippen molar-refractivity contribution in [3.63, 3.8) is 0 Å². The predicted molar refractivity (Wildman–Crippen MR) is 66.3 cm³/mol. The number of thiophene rings is 1. The van der Waals surface area contributed by atoms with Gasteiger partial charge in [-0.25, -0.2) is 9.50 Å². The van der Waals surface area contributed by atoms with Gasteiger partial charge in [-0.3, -0.25) is 0 Å². The maximum Gasteiger partial charge on any atom is 0.433 e. The van der Waals surface area contributed by atoms with Crippen molar-refractivity contribution in [1.29, 1.82) is 0 Å². The Bertz CT molecular complexity index is 734. The summed E-state index contributed by atoms with van der Waals surface area (Å²) in [7, 11) is 0. The zero-order valence-electron chi connectivity index (χ0n) is 9.15. The van der Waals surface area contributed by atoms with Crippen molar-refractivity contribution in [3.8, 4) is 10.6 Å². The highest BCUT2D eigenvalue weighted by Gasteiger charge is 2.35. The molecule has 0 aromatic carbocycles. The van der Waals surface area contributed by atoms with E-state index in [9.17, 15) is 13.2 Å². The number of fused-ring (bicyclic) bond motifs is 1. The Morgan fingerprint density at radius 1 is 1.32 bits per heavy atom. The van der Waals surface area contributed by atoms with Crippen LogP contribution in [-0.4, -0.2) is 14.6 Å². The molecule has 3 nitrogen and oxygen atoms in total. The minimum absolute atomic E-state index is 0.000100. The monoisotopic (exact) mass is 303 g/mol. The van der Waals surface area contributed by atoms with E-state index in [0.717, 1.165) is 12.3 Å². The summed E-state index contributed by atoms with van der Waals surface area (Å²) in [5.41, 5.74) is -0.662. The third-order valence-electron chi connectivity index (χ3n) is 2.49. The summed E-state index contributed by atoms with van der Waals surface area (Å²) in [4.78, 5) is 4.77. The number of aromatic nitrogens is 3. The highest BCUT2D eigenvalue weighted by atomic mass is 35.5. The van der Waals surface area contributed by atoms with Crippen molar-refractivity contribution in [1.82, 2.24) is 14.6 Å². The van der Waals surface area contributed by atoms with Gasteiger partial charge in [0.2, 0.25) is 0 Å². The van der Waals surface area contributed by atoms with Crippen molar-refractivity contribution in [2.45, 2.75) is 6.18 Å². The van der Waals surface area contributed by atoms with Crippen LogP contribution in [0.3, 0.4) is 0 Å². The lowest BCUT2D eigenvalue weighted by molar-refractivity contribution is -0.142. The topological polar surface area (TPSA) is 30.2 Å². The second-order valence-electron chi connectivity index (χ2n) is 3.73. The van der Waals surface area contributed by atoms with Crippen LogP contribution in [0.15, 0.2) is 29.8 Å². The zero-order valence-corrected chi connectivity index (χ0v) is 10.7. The molecular formula is C11H5ClF3N3S. The maximum atomic E-state index is 13.0. The van der Waals surface area contributed by atoms with E-state index in [1.165, 1.54) is 11.3 Å². The van der Waals surface area contributed by atoms with Crippen molar-refractivity contribution in [3.05, 3.63) is 40.5 Å². The summed E-state index contributed by atoms with van der Waals surface area (Å²) in [5, 5.41) is 5.47. The van der Waals surface area contributed by atoms with Crippen LogP contribution < -0.4 is 0 Å². The Morgan fingerprint density at radius 2 is 2.11 bits per heavy atom. The van der Waals surface area contributed by atoms with E-state index in [4.69, 9.17) is 11.6 Å². The summed E-state index contributed by atoms with van der Waals surface area (Å²) < 4.78 is 39.8. The molecule has 0 aliphatic carbocycles. The molecule has 8 heteroatoms. The first-order chi connectivity index (χ1) is 8.97. The fourth-order valence-electron chi connectivity index (χ4n) is 1.69. The minimum Gasteiger partial charge on any atom is -0.226 e. The van der Waals surface area contributed by atoms with Gasteiger partial charge in [0.15, 0.2) is 11.3 Å². The van der Waals surface area contributed by atoms with Gasteiger partial charge in [0.25, 0.3) is 0 Å². The molecule has 98 valence electrons. The largest absolute Gasteiger partial charge is 0.433 e. The zero-order chi connectivity index (χ0) is 13.6. The highest BCUT2D eigenvalue weighted by Crippen LogP contribution is 2.34. The second kappa shape index (κ2) is 4.21. The van der Waals surface area contributed by atoms with Crippen LogP contribution in [0.25, 0.3) is 16.2 Å². The first-order valence-electron chi connectivity index (χ1n) is 5.12. The molecule has 3 aromatic heterocycles. The number of hydrogen-bond acceptors (Lipinski definition) is 3. The Balaban J connectivity index is 2.35. The van der Waals surface area contributed by atoms with Crippen LogP contribution >= 0.6 is 22.9 Å². The van der Waals surface area contributed by atoms with Crippen LogP contribution in [0.5, 0.6) is 0 Å². The van der Waals surface area contributed by atoms with E-state index in [1.807, 2.05) is 0 Å². The van der Waals surface area contributed by atoms with Gasteiger partial charge in [-0.05, 0) is 17.5 Å². The fourth-order valence-corrected chi connectivity index (χ4v) is 2.54. The Hall–Kier alpha value is -1.60. The summed E-state index contributed by atoms with van der Waals surface area (Å²) >= 11 is 7.13. The molecule has 0 saturated carbocycles. The summed E-state index contributed by atoms with van der Waals surface area (Å²) in [5.74, 6) is 0. The van der Waals surface area contributed by atoms with Gasteiger partial charge in [0.1, 0.15) is 5.02 Å². The molecule has 0 unspecified atom stereocenters. The standard InChI is InChI=1S/C11H5ClF3N3S/c12-6-5-16-18-9(11(13,14)15)4-7(17-10(6)18)8-2-1-3-19-8/h1-5H. The van der Waals surface area contributed by atoms with Crippen molar-refractivity contribution in [2.75, 3.05) is 0 Å². The number of rotatable bonds is 1. The van der Waals surface area contributed by atoms with E-state index in [2.05, 4.69) is 10.1 Å². The molecule has 0 atom stereocenters. The molecular weight excluding hydrogens is 299 g/mol. The van der Waals surface area contributed by atoms with Crippen LogP contribution in [-0.2, 0) is 6.18 Å². The third kappa shape index (κ3) is 2.08. The van der Waals surface area contributed by atoms with E-state index in [1.54, 1.807) is 17.5 Å². The Kier molecular flexibility index (Phi) is 2.75. The molecule has 0 aliphatic heterocycles. The lowest BCUT2D eigenvalue weighted by atomic mass is 10.2. The average Bonchev–Trinajstić information content (AvgIpc) is 2.97. The van der Waals surface area contributed by atoms with Crippen molar-refractivity contribution >= 4 is 28.6 Å². The van der Waals surface area contributed by atoms with E-state index in [-0.39, 0.29) is 16.4 Å². The molecule has 3 heterocycles. The van der Waals surface area contributed by atoms with Gasteiger partial charge in [-0.2, -0.15) is 18.3 Å². The molecule has 0 N–H and O–H groups in total. The molecule has 0 saturated heterocycles. The van der Waals surface area contributed by atoms with Gasteiger partial charge in [-0.1, -0.05) is 17.7 Å². The van der Waals surface area contributed by atoms with Crippen molar-refractivity contribution < 1.29 is 13.2 Å². The lowest BCUT2D eigenvalue weighted by Gasteiger charge is -2.10. The van der Waals surface area contributed by atoms with E-state index < -0.39 is 11.9 Å². The summed E-state index contributed by atoms with van der Waals surface area (Å²) in [6.07, 6.45) is -3.38. The van der Waals surface area contributed by atoms with Gasteiger partial charge < -0.3 is 0 Å². The van der Waals surface area contributed by atoms with Gasteiger partial charge >= 0.3 is 6.18 Å². The summed E-state index contributed by atoms with van der Waals surface area (Å²) in [6.45, 7) is 0. The van der Waals surface area contributed by atoms with Crippen LogP contribution in [0.1, 0.15) is 5.69 Å². The summed E-state index contributed by atoms with van der Waals surface area (Å²) in [6, 6.07) is 4.42. The molecule has 3 rings (SSSR count). The smallest absolute Gasteiger partial charge is 0.226 e. The van der Waals surface area contributed by atoms with Crippen LogP contribution in [0.2, 0.25) is 5.02 Å². The Morgan fingerprint density at radius 3 is 2.74 bits per heavy atom. The van der Waals surface area contributed by atoms with Gasteiger partial charge in [-0.15, -0.1) is 11.3 Å². The average molecular weight is 304 g/mol.